The zero-order chi connectivity index (χ0) is 19.3. The van der Waals surface area contributed by atoms with Crippen LogP contribution >= 0.6 is 0 Å². The van der Waals surface area contributed by atoms with Gasteiger partial charge in [-0.15, -0.1) is 0 Å². The van der Waals surface area contributed by atoms with Crippen molar-refractivity contribution in [3.63, 3.8) is 0 Å². The number of nitrogens with zero attached hydrogens (tertiary/aromatic N) is 3. The fourth-order valence-corrected chi connectivity index (χ4v) is 3.37. The summed E-state index contributed by atoms with van der Waals surface area (Å²) in [4.78, 5) is 14.8. The summed E-state index contributed by atoms with van der Waals surface area (Å²) in [7, 11) is 1.80. The van der Waals surface area contributed by atoms with Gasteiger partial charge in [0.25, 0.3) is 0 Å². The molecule has 3 heterocycles. The van der Waals surface area contributed by atoms with Crippen molar-refractivity contribution in [2.45, 2.75) is 25.5 Å². The Morgan fingerprint density at radius 3 is 2.86 bits per heavy atom. The van der Waals surface area contributed by atoms with Crippen molar-refractivity contribution in [3.8, 4) is 11.5 Å². The largest absolute Gasteiger partial charge is 0.463 e. The first kappa shape index (κ1) is 18.3. The topological polar surface area (TPSA) is 72.5 Å². The number of amides is 2. The third kappa shape index (κ3) is 4.26. The minimum absolute atomic E-state index is 0.0830. The zero-order valence-corrected chi connectivity index (χ0v) is 15.9. The molecule has 0 spiro atoms. The van der Waals surface area contributed by atoms with Crippen molar-refractivity contribution in [2.24, 2.45) is 7.05 Å². The van der Waals surface area contributed by atoms with Gasteiger partial charge in [-0.2, -0.15) is 5.10 Å². The molecule has 0 aliphatic carbocycles. The molecule has 3 aromatic rings. The van der Waals surface area contributed by atoms with Crippen molar-refractivity contribution < 1.29 is 13.9 Å². The summed E-state index contributed by atoms with van der Waals surface area (Å²) < 4.78 is 12.8. The van der Waals surface area contributed by atoms with Gasteiger partial charge >= 0.3 is 6.03 Å². The summed E-state index contributed by atoms with van der Waals surface area (Å²) in [5.41, 5.74) is 1.76. The normalized spacial score (nSPS) is 16.2. The van der Waals surface area contributed by atoms with Gasteiger partial charge in [0.1, 0.15) is 11.5 Å². The summed E-state index contributed by atoms with van der Waals surface area (Å²) in [6, 6.07) is 15.3. The number of benzene rings is 1. The number of hydrogen-bond acceptors (Lipinski definition) is 4. The molecule has 1 fully saturated rings. The summed E-state index contributed by atoms with van der Waals surface area (Å²) in [5, 5.41) is 7.39. The quantitative estimate of drug-likeness (QED) is 0.704. The number of anilines is 1. The molecule has 7 nitrogen and oxygen atoms in total. The molecule has 2 amide bonds. The summed E-state index contributed by atoms with van der Waals surface area (Å²) in [6.07, 6.45) is 3.71. The number of nitrogens with one attached hydrogen (secondary N) is 1. The van der Waals surface area contributed by atoms with Crippen LogP contribution in [0.25, 0.3) is 11.5 Å². The van der Waals surface area contributed by atoms with Gasteiger partial charge in [-0.1, -0.05) is 30.3 Å². The number of urea groups is 1. The molecule has 0 radical (unpaired) electrons. The number of aryl methyl sites for hydroxylation is 1. The Hall–Kier alpha value is -3.06. The number of hydrogen-bond donors (Lipinski definition) is 1. The number of aromatic nitrogens is 2. The van der Waals surface area contributed by atoms with Crippen LogP contribution < -0.4 is 5.32 Å². The number of carbonyl (C=O) groups is 1. The second kappa shape index (κ2) is 8.31. The highest BCUT2D eigenvalue weighted by Gasteiger charge is 2.24. The molecule has 1 aromatic carbocycles. The molecule has 1 atom stereocenters. The number of furan rings is 1. The molecule has 1 aliphatic heterocycles. The molecule has 28 heavy (non-hydrogen) atoms. The molecule has 1 saturated heterocycles. The summed E-state index contributed by atoms with van der Waals surface area (Å²) >= 11 is 0. The monoisotopic (exact) mass is 380 g/mol. The predicted octanol–water partition coefficient (Wildman–Crippen LogP) is 3.89. The lowest BCUT2D eigenvalue weighted by molar-refractivity contribution is 0.0819. The van der Waals surface area contributed by atoms with Gasteiger partial charge in [-0.25, -0.2) is 4.79 Å². The van der Waals surface area contributed by atoms with Gasteiger partial charge in [0.15, 0.2) is 5.76 Å². The Morgan fingerprint density at radius 2 is 2.14 bits per heavy atom. The standard InChI is InChI=1S/C21H24N4O3/c1-24-20(13-18(23-24)19-10-6-12-28-19)22-21(26)25(15-17-9-5-11-27-17)14-16-7-3-2-4-8-16/h2-4,6-8,10,12-13,17H,5,9,11,14-15H2,1H3,(H,22,26). The molecule has 146 valence electrons. The summed E-state index contributed by atoms with van der Waals surface area (Å²) in [5.74, 6) is 1.28. The highest BCUT2D eigenvalue weighted by atomic mass is 16.5. The van der Waals surface area contributed by atoms with Crippen LogP contribution in [0.1, 0.15) is 18.4 Å². The Bertz CT molecular complexity index is 899. The Morgan fingerprint density at radius 1 is 1.29 bits per heavy atom. The first-order valence-electron chi connectivity index (χ1n) is 9.48. The highest BCUT2D eigenvalue weighted by molar-refractivity contribution is 5.89. The molecule has 1 N–H and O–H groups in total. The maximum atomic E-state index is 13.0. The third-order valence-electron chi connectivity index (χ3n) is 4.84. The lowest BCUT2D eigenvalue weighted by Crippen LogP contribution is -2.40. The van der Waals surface area contributed by atoms with Crippen molar-refractivity contribution in [1.82, 2.24) is 14.7 Å². The second-order valence-electron chi connectivity index (χ2n) is 6.95. The third-order valence-corrected chi connectivity index (χ3v) is 4.84. The Kier molecular flexibility index (Phi) is 5.43. The Balaban J connectivity index is 1.50. The summed E-state index contributed by atoms with van der Waals surface area (Å²) in [6.45, 7) is 1.85. The van der Waals surface area contributed by atoms with Crippen LogP contribution in [0.2, 0.25) is 0 Å². The van der Waals surface area contributed by atoms with Crippen molar-refractivity contribution in [3.05, 3.63) is 60.4 Å². The predicted molar refractivity (Wildman–Crippen MR) is 106 cm³/mol. The average molecular weight is 380 g/mol. The van der Waals surface area contributed by atoms with Gasteiger partial charge in [0.2, 0.25) is 0 Å². The van der Waals surface area contributed by atoms with Gasteiger partial charge in [-0.05, 0) is 30.5 Å². The maximum absolute atomic E-state index is 13.0. The minimum Gasteiger partial charge on any atom is -0.463 e. The van der Waals surface area contributed by atoms with Gasteiger partial charge in [-0.3, -0.25) is 10.00 Å². The second-order valence-corrected chi connectivity index (χ2v) is 6.95. The molecule has 0 bridgehead atoms. The number of rotatable bonds is 6. The molecule has 1 unspecified atom stereocenters. The lowest BCUT2D eigenvalue weighted by Gasteiger charge is -2.25. The van der Waals surface area contributed by atoms with Crippen LogP contribution in [0.4, 0.5) is 10.6 Å². The van der Waals surface area contributed by atoms with Crippen LogP contribution in [0, 0.1) is 0 Å². The SMILES string of the molecule is Cn1nc(-c2ccco2)cc1NC(=O)N(Cc1ccccc1)CC1CCCO1. The highest BCUT2D eigenvalue weighted by Crippen LogP contribution is 2.22. The van der Waals surface area contributed by atoms with E-state index in [1.807, 2.05) is 48.5 Å². The van der Waals surface area contributed by atoms with E-state index in [1.165, 1.54) is 0 Å². The van der Waals surface area contributed by atoms with Crippen molar-refractivity contribution in [1.29, 1.82) is 0 Å². The number of ether oxygens (including phenoxy) is 1. The van der Waals surface area contributed by atoms with E-state index in [2.05, 4.69) is 10.4 Å². The van der Waals surface area contributed by atoms with Gasteiger partial charge in [0.05, 0.1) is 12.4 Å². The van der Waals surface area contributed by atoms with E-state index in [1.54, 1.807) is 22.9 Å². The Labute approximate surface area is 163 Å². The van der Waals surface area contributed by atoms with Crippen LogP contribution in [-0.2, 0) is 18.3 Å². The van der Waals surface area contributed by atoms with Crippen LogP contribution in [0.5, 0.6) is 0 Å². The molecular formula is C21H24N4O3. The van der Waals surface area contributed by atoms with E-state index in [0.717, 1.165) is 25.0 Å². The van der Waals surface area contributed by atoms with E-state index >= 15 is 0 Å². The fraction of sp³-hybridized carbons (Fsp3) is 0.333. The van der Waals surface area contributed by atoms with E-state index in [4.69, 9.17) is 9.15 Å². The van der Waals surface area contributed by atoms with Crippen LogP contribution in [0.15, 0.2) is 59.2 Å². The first-order chi connectivity index (χ1) is 13.7. The molecule has 1 aliphatic rings. The average Bonchev–Trinajstić information content (AvgIpc) is 3.45. The van der Waals surface area contributed by atoms with Crippen LogP contribution in [0.3, 0.4) is 0 Å². The zero-order valence-electron chi connectivity index (χ0n) is 15.9. The van der Waals surface area contributed by atoms with Crippen molar-refractivity contribution >= 4 is 11.8 Å². The maximum Gasteiger partial charge on any atom is 0.323 e. The van der Waals surface area contributed by atoms with E-state index in [9.17, 15) is 4.79 Å². The van der Waals surface area contributed by atoms with E-state index in [-0.39, 0.29) is 12.1 Å². The van der Waals surface area contributed by atoms with E-state index < -0.39 is 0 Å². The first-order valence-corrected chi connectivity index (χ1v) is 9.48. The molecule has 4 rings (SSSR count). The molecule has 7 heteroatoms. The van der Waals surface area contributed by atoms with Gasteiger partial charge in [0, 0.05) is 32.8 Å². The fourth-order valence-electron chi connectivity index (χ4n) is 3.37. The molecular weight excluding hydrogens is 356 g/mol. The molecule has 2 aromatic heterocycles. The smallest absolute Gasteiger partial charge is 0.323 e. The van der Waals surface area contributed by atoms with Gasteiger partial charge < -0.3 is 14.1 Å². The van der Waals surface area contributed by atoms with E-state index in [0.29, 0.717) is 30.4 Å². The van der Waals surface area contributed by atoms with Crippen molar-refractivity contribution in [2.75, 3.05) is 18.5 Å². The lowest BCUT2D eigenvalue weighted by atomic mass is 10.2. The molecule has 0 saturated carbocycles. The minimum atomic E-state index is -0.173. The van der Waals surface area contributed by atoms with Crippen LogP contribution in [-0.4, -0.2) is 40.0 Å². The number of carbonyl (C=O) groups excluding carboxylic acids is 1.